The van der Waals surface area contributed by atoms with Crippen molar-refractivity contribution in [3.63, 3.8) is 0 Å². The highest BCUT2D eigenvalue weighted by atomic mass is 35.5. The van der Waals surface area contributed by atoms with Gasteiger partial charge in [-0.05, 0) is 18.2 Å². The van der Waals surface area contributed by atoms with E-state index < -0.39 is 0 Å². The summed E-state index contributed by atoms with van der Waals surface area (Å²) in [6.45, 7) is 1.21. The van der Waals surface area contributed by atoms with Gasteiger partial charge in [0.2, 0.25) is 6.41 Å². The predicted molar refractivity (Wildman–Crippen MR) is 88.5 cm³/mol. The molecule has 0 atom stereocenters. The van der Waals surface area contributed by atoms with Crippen LogP contribution >= 0.6 is 11.6 Å². The molecule has 0 bridgehead atoms. The number of amides is 1. The molecule has 2 rings (SSSR count). The van der Waals surface area contributed by atoms with E-state index in [0.717, 1.165) is 5.69 Å². The van der Waals surface area contributed by atoms with E-state index in [1.807, 2.05) is 35.2 Å². The van der Waals surface area contributed by atoms with Crippen LogP contribution in [0.3, 0.4) is 0 Å². The van der Waals surface area contributed by atoms with Gasteiger partial charge in [-0.2, -0.15) is 0 Å². The average Bonchev–Trinajstić information content (AvgIpc) is 2.55. The van der Waals surface area contributed by atoms with Gasteiger partial charge in [-0.3, -0.25) is 9.59 Å². The van der Waals surface area contributed by atoms with E-state index in [9.17, 15) is 9.59 Å². The van der Waals surface area contributed by atoms with E-state index in [1.165, 1.54) is 0 Å². The summed E-state index contributed by atoms with van der Waals surface area (Å²) in [5.74, 6) is 0.0201. The summed E-state index contributed by atoms with van der Waals surface area (Å²) >= 11 is 6.02. The fourth-order valence-corrected chi connectivity index (χ4v) is 2.30. The molecular weight excluding hydrogens is 300 g/mol. The second kappa shape index (κ2) is 8.20. The lowest BCUT2D eigenvalue weighted by Crippen LogP contribution is -2.35. The molecule has 0 radical (unpaired) electrons. The number of nitrogens with one attached hydrogen (secondary N) is 1. The Morgan fingerprint density at radius 3 is 2.59 bits per heavy atom. The normalized spacial score (nSPS) is 10.0. The van der Waals surface area contributed by atoms with Crippen molar-refractivity contribution in [2.24, 2.45) is 0 Å². The first-order valence-corrected chi connectivity index (χ1v) is 7.34. The zero-order valence-electron chi connectivity index (χ0n) is 12.0. The van der Waals surface area contributed by atoms with E-state index >= 15 is 0 Å². The molecule has 0 spiro atoms. The van der Waals surface area contributed by atoms with Crippen LogP contribution in [0.4, 0.5) is 5.69 Å². The molecule has 2 aromatic carbocycles. The molecule has 22 heavy (non-hydrogen) atoms. The second-order valence-corrected chi connectivity index (χ2v) is 5.20. The van der Waals surface area contributed by atoms with Gasteiger partial charge in [0.25, 0.3) is 0 Å². The quantitative estimate of drug-likeness (QED) is 0.463. The molecule has 0 aromatic heterocycles. The maximum absolute atomic E-state index is 12.4. The lowest BCUT2D eigenvalue weighted by molar-refractivity contribution is -0.109. The standard InChI is InChI=1S/C17H17ClN2O2/c18-15-7-4-8-16(11-15)20(10-9-19-13-21)12-17(22)14-5-2-1-3-6-14/h1-8,11,13H,9-10,12H2,(H,19,21). The number of hydrogen-bond acceptors (Lipinski definition) is 3. The van der Waals surface area contributed by atoms with Crippen molar-refractivity contribution in [3.05, 3.63) is 65.2 Å². The van der Waals surface area contributed by atoms with Crippen LogP contribution in [0.5, 0.6) is 0 Å². The van der Waals surface area contributed by atoms with Gasteiger partial charge in [-0.1, -0.05) is 48.0 Å². The maximum atomic E-state index is 12.4. The summed E-state index contributed by atoms with van der Waals surface area (Å²) in [6, 6.07) is 16.5. The zero-order valence-corrected chi connectivity index (χ0v) is 12.8. The molecule has 0 aliphatic heterocycles. The van der Waals surface area contributed by atoms with Crippen LogP contribution in [0.2, 0.25) is 5.02 Å². The average molecular weight is 317 g/mol. The van der Waals surface area contributed by atoms with Gasteiger partial charge in [0, 0.05) is 29.4 Å². The minimum atomic E-state index is 0.0201. The lowest BCUT2D eigenvalue weighted by atomic mass is 10.1. The number of rotatable bonds is 8. The number of carbonyl (C=O) groups is 2. The third-order valence-electron chi connectivity index (χ3n) is 3.21. The molecule has 0 heterocycles. The van der Waals surface area contributed by atoms with Gasteiger partial charge in [0.15, 0.2) is 5.78 Å². The fraction of sp³-hybridized carbons (Fsp3) is 0.176. The molecule has 5 heteroatoms. The third-order valence-corrected chi connectivity index (χ3v) is 3.45. The summed E-state index contributed by atoms with van der Waals surface area (Å²) in [7, 11) is 0. The van der Waals surface area contributed by atoms with Crippen LogP contribution in [0.15, 0.2) is 54.6 Å². The fourth-order valence-electron chi connectivity index (χ4n) is 2.12. The molecule has 1 amide bonds. The van der Waals surface area contributed by atoms with Crippen LogP contribution in [0, 0.1) is 0 Å². The summed E-state index contributed by atoms with van der Waals surface area (Å²) in [5, 5.41) is 3.22. The van der Waals surface area contributed by atoms with Crippen LogP contribution in [-0.2, 0) is 4.79 Å². The van der Waals surface area contributed by atoms with E-state index in [0.29, 0.717) is 30.1 Å². The Labute approximate surface area is 134 Å². The summed E-state index contributed by atoms with van der Waals surface area (Å²) in [4.78, 5) is 24.7. The van der Waals surface area contributed by atoms with Crippen LogP contribution in [0.25, 0.3) is 0 Å². The van der Waals surface area contributed by atoms with Crippen molar-refractivity contribution in [2.45, 2.75) is 0 Å². The smallest absolute Gasteiger partial charge is 0.207 e. The molecule has 0 unspecified atom stereocenters. The van der Waals surface area contributed by atoms with Crippen molar-refractivity contribution >= 4 is 29.5 Å². The number of halogens is 1. The Bertz CT molecular complexity index is 632. The molecule has 0 saturated carbocycles. The lowest BCUT2D eigenvalue weighted by Gasteiger charge is -2.24. The number of nitrogens with zero attached hydrogens (tertiary/aromatic N) is 1. The van der Waals surface area contributed by atoms with Crippen molar-refractivity contribution in [1.82, 2.24) is 5.32 Å². The largest absolute Gasteiger partial charge is 0.362 e. The number of anilines is 1. The van der Waals surface area contributed by atoms with Crippen LogP contribution < -0.4 is 10.2 Å². The monoisotopic (exact) mass is 316 g/mol. The maximum Gasteiger partial charge on any atom is 0.207 e. The molecular formula is C17H17ClN2O2. The molecule has 4 nitrogen and oxygen atoms in total. The highest BCUT2D eigenvalue weighted by Gasteiger charge is 2.13. The number of hydrogen-bond donors (Lipinski definition) is 1. The number of ketones is 1. The predicted octanol–water partition coefficient (Wildman–Crippen LogP) is 2.78. The Morgan fingerprint density at radius 1 is 1.14 bits per heavy atom. The van der Waals surface area contributed by atoms with E-state index in [2.05, 4.69) is 5.32 Å². The molecule has 0 fully saturated rings. The number of Topliss-reactive ketones (excluding diaryl/α,β-unsaturated/α-hetero) is 1. The molecule has 0 aliphatic carbocycles. The highest BCUT2D eigenvalue weighted by molar-refractivity contribution is 6.30. The molecule has 1 N–H and O–H groups in total. The minimum absolute atomic E-state index is 0.0201. The minimum Gasteiger partial charge on any atom is -0.362 e. The van der Waals surface area contributed by atoms with E-state index in [1.54, 1.807) is 24.3 Å². The van der Waals surface area contributed by atoms with Crippen molar-refractivity contribution in [2.75, 3.05) is 24.5 Å². The van der Waals surface area contributed by atoms with Gasteiger partial charge in [0.05, 0.1) is 6.54 Å². The first-order chi connectivity index (χ1) is 10.7. The second-order valence-electron chi connectivity index (χ2n) is 4.76. The van der Waals surface area contributed by atoms with Gasteiger partial charge in [-0.15, -0.1) is 0 Å². The van der Waals surface area contributed by atoms with Gasteiger partial charge < -0.3 is 10.2 Å². The van der Waals surface area contributed by atoms with Crippen molar-refractivity contribution in [1.29, 1.82) is 0 Å². The van der Waals surface area contributed by atoms with Gasteiger partial charge in [0.1, 0.15) is 0 Å². The molecule has 0 saturated heterocycles. The molecule has 2 aromatic rings. The summed E-state index contributed by atoms with van der Waals surface area (Å²) in [6.07, 6.45) is 0.648. The van der Waals surface area contributed by atoms with Crippen LogP contribution in [0.1, 0.15) is 10.4 Å². The Morgan fingerprint density at radius 2 is 1.91 bits per heavy atom. The molecule has 114 valence electrons. The SMILES string of the molecule is O=CNCCN(CC(=O)c1ccccc1)c1cccc(Cl)c1. The Kier molecular flexibility index (Phi) is 5.98. The zero-order chi connectivity index (χ0) is 15.8. The van der Waals surface area contributed by atoms with Gasteiger partial charge in [-0.25, -0.2) is 0 Å². The number of benzene rings is 2. The Hall–Kier alpha value is -2.33. The molecule has 0 aliphatic rings. The Balaban J connectivity index is 2.13. The van der Waals surface area contributed by atoms with E-state index in [4.69, 9.17) is 11.6 Å². The third kappa shape index (κ3) is 4.60. The highest BCUT2D eigenvalue weighted by Crippen LogP contribution is 2.19. The topological polar surface area (TPSA) is 49.4 Å². The van der Waals surface area contributed by atoms with Gasteiger partial charge >= 0.3 is 0 Å². The van der Waals surface area contributed by atoms with Crippen molar-refractivity contribution in [3.8, 4) is 0 Å². The first-order valence-electron chi connectivity index (χ1n) is 6.96. The summed E-state index contributed by atoms with van der Waals surface area (Å²) in [5.41, 5.74) is 1.52. The first kappa shape index (κ1) is 16.0. The van der Waals surface area contributed by atoms with Crippen molar-refractivity contribution < 1.29 is 9.59 Å². The number of carbonyl (C=O) groups excluding carboxylic acids is 2. The van der Waals surface area contributed by atoms with Crippen LogP contribution in [-0.4, -0.2) is 31.8 Å². The van der Waals surface area contributed by atoms with E-state index in [-0.39, 0.29) is 12.3 Å². The summed E-state index contributed by atoms with van der Waals surface area (Å²) < 4.78 is 0.